The average molecular weight is 352 g/mol. The van der Waals surface area contributed by atoms with Crippen LogP contribution in [0.2, 0.25) is 0 Å². The predicted octanol–water partition coefficient (Wildman–Crippen LogP) is 2.22. The van der Waals surface area contributed by atoms with Crippen molar-refractivity contribution in [1.29, 1.82) is 0 Å². The molecule has 0 aliphatic carbocycles. The van der Waals surface area contributed by atoms with E-state index in [2.05, 4.69) is 15.5 Å². The molecule has 1 aliphatic rings. The Kier molecular flexibility index (Phi) is 3.80. The lowest BCUT2D eigenvalue weighted by molar-refractivity contribution is -0.132. The molecule has 1 aliphatic heterocycles. The van der Waals surface area contributed by atoms with Crippen molar-refractivity contribution in [3.63, 3.8) is 0 Å². The van der Waals surface area contributed by atoms with Gasteiger partial charge in [0.2, 0.25) is 5.89 Å². The van der Waals surface area contributed by atoms with E-state index in [1.807, 2.05) is 30.3 Å². The van der Waals surface area contributed by atoms with Gasteiger partial charge in [0.1, 0.15) is 12.3 Å². The summed E-state index contributed by atoms with van der Waals surface area (Å²) in [7, 11) is 0. The number of carbonyl (C=O) groups excluding carboxylic acids is 2. The summed E-state index contributed by atoms with van der Waals surface area (Å²) in [6, 6.07) is 12.5. The Bertz CT molecular complexity index is 935. The third kappa shape index (κ3) is 2.75. The molecular weight excluding hydrogens is 336 g/mol. The Morgan fingerprint density at radius 1 is 1.15 bits per heavy atom. The summed E-state index contributed by atoms with van der Waals surface area (Å²) in [6.07, 6.45) is 1.96. The molecule has 3 heterocycles. The second kappa shape index (κ2) is 6.14. The quantitative estimate of drug-likeness (QED) is 0.707. The minimum absolute atomic E-state index is 0.0945. The number of hydrogen-bond acceptors (Lipinski definition) is 6. The summed E-state index contributed by atoms with van der Waals surface area (Å²) in [5.74, 6) is 0.629. The molecule has 1 unspecified atom stereocenters. The van der Waals surface area contributed by atoms with Crippen LogP contribution in [0.5, 0.6) is 0 Å². The summed E-state index contributed by atoms with van der Waals surface area (Å²) in [6.45, 7) is 1.50. The van der Waals surface area contributed by atoms with Gasteiger partial charge in [-0.15, -0.1) is 0 Å². The topological polar surface area (TPSA) is 101 Å². The largest absolute Gasteiger partial charge is 0.466 e. The summed E-state index contributed by atoms with van der Waals surface area (Å²) in [5.41, 5.74) is -0.201. The van der Waals surface area contributed by atoms with Crippen LogP contribution in [0.15, 0.2) is 57.7 Å². The van der Waals surface area contributed by atoms with Crippen LogP contribution >= 0.6 is 0 Å². The average Bonchev–Trinajstić information content (AvgIpc) is 3.35. The Balaban J connectivity index is 1.49. The number of nitrogens with one attached hydrogen (secondary N) is 1. The number of amides is 3. The number of benzene rings is 1. The number of furan rings is 1. The molecule has 0 saturated carbocycles. The summed E-state index contributed by atoms with van der Waals surface area (Å²) in [4.78, 5) is 30.3. The van der Waals surface area contributed by atoms with Gasteiger partial charge in [-0.3, -0.25) is 9.69 Å². The molecule has 1 saturated heterocycles. The van der Waals surface area contributed by atoms with Crippen molar-refractivity contribution < 1.29 is 18.5 Å². The number of nitrogens with zero attached hydrogens (tertiary/aromatic N) is 3. The van der Waals surface area contributed by atoms with Crippen molar-refractivity contribution in [2.24, 2.45) is 0 Å². The zero-order chi connectivity index (χ0) is 18.1. The van der Waals surface area contributed by atoms with E-state index in [1.54, 1.807) is 19.1 Å². The normalized spacial score (nSPS) is 19.8. The minimum atomic E-state index is -1.24. The van der Waals surface area contributed by atoms with Crippen molar-refractivity contribution in [1.82, 2.24) is 20.4 Å². The van der Waals surface area contributed by atoms with Crippen LogP contribution in [0.3, 0.4) is 0 Å². The molecule has 8 heteroatoms. The zero-order valence-electron chi connectivity index (χ0n) is 14.0. The van der Waals surface area contributed by atoms with Gasteiger partial charge in [0.25, 0.3) is 5.91 Å². The Hall–Kier alpha value is -3.42. The maximum atomic E-state index is 12.7. The zero-order valence-corrected chi connectivity index (χ0v) is 14.0. The van der Waals surface area contributed by atoms with Gasteiger partial charge in [-0.25, -0.2) is 4.79 Å². The van der Waals surface area contributed by atoms with Gasteiger partial charge in [0.15, 0.2) is 11.4 Å². The maximum Gasteiger partial charge on any atom is 0.325 e. The van der Waals surface area contributed by atoms with Crippen LogP contribution < -0.4 is 5.32 Å². The molecule has 132 valence electrons. The van der Waals surface area contributed by atoms with Crippen molar-refractivity contribution in [3.05, 3.63) is 71.8 Å². The van der Waals surface area contributed by atoms with E-state index in [4.69, 9.17) is 8.94 Å². The van der Waals surface area contributed by atoms with Gasteiger partial charge in [0, 0.05) is 6.42 Å². The van der Waals surface area contributed by atoms with Crippen LogP contribution in [0.4, 0.5) is 4.79 Å². The van der Waals surface area contributed by atoms with Crippen molar-refractivity contribution in [3.8, 4) is 0 Å². The molecule has 1 fully saturated rings. The first-order chi connectivity index (χ1) is 12.6. The van der Waals surface area contributed by atoms with Crippen molar-refractivity contribution in [2.75, 3.05) is 0 Å². The van der Waals surface area contributed by atoms with Crippen LogP contribution in [-0.4, -0.2) is 27.0 Å². The standard InChI is InChI=1S/C18H16N4O4/c1-18(13-8-5-9-25-13)16(23)22(17(24)20-18)11-15-19-14(21-26-15)10-12-6-3-2-4-7-12/h2-9H,10-11H2,1H3,(H,20,24). The number of rotatable bonds is 5. The van der Waals surface area contributed by atoms with E-state index in [0.717, 1.165) is 10.5 Å². The van der Waals surface area contributed by atoms with Gasteiger partial charge in [-0.1, -0.05) is 35.5 Å². The molecule has 8 nitrogen and oxygen atoms in total. The molecule has 1 atom stereocenters. The molecular formula is C18H16N4O4. The highest BCUT2D eigenvalue weighted by Crippen LogP contribution is 2.29. The van der Waals surface area contributed by atoms with Crippen LogP contribution in [0.1, 0.15) is 30.0 Å². The van der Waals surface area contributed by atoms with Crippen LogP contribution in [0.25, 0.3) is 0 Å². The molecule has 3 amide bonds. The SMILES string of the molecule is CC1(c2ccco2)NC(=O)N(Cc2nc(Cc3ccccc3)no2)C1=O. The Morgan fingerprint density at radius 3 is 2.69 bits per heavy atom. The van der Waals surface area contributed by atoms with Gasteiger partial charge in [-0.2, -0.15) is 4.98 Å². The van der Waals surface area contributed by atoms with E-state index in [0.29, 0.717) is 18.0 Å². The number of carbonyl (C=O) groups is 2. The first-order valence-electron chi connectivity index (χ1n) is 8.10. The lowest BCUT2D eigenvalue weighted by atomic mass is 9.99. The number of urea groups is 1. The number of imide groups is 1. The highest BCUT2D eigenvalue weighted by Gasteiger charge is 2.51. The summed E-state index contributed by atoms with van der Waals surface area (Å²) in [5, 5.41) is 6.57. The van der Waals surface area contributed by atoms with Crippen molar-refractivity contribution in [2.45, 2.75) is 25.4 Å². The maximum absolute atomic E-state index is 12.7. The molecule has 4 rings (SSSR count). The second-order valence-electron chi connectivity index (χ2n) is 6.19. The van der Waals surface area contributed by atoms with E-state index < -0.39 is 17.5 Å². The van der Waals surface area contributed by atoms with Gasteiger partial charge >= 0.3 is 6.03 Å². The lowest BCUT2D eigenvalue weighted by Gasteiger charge is -2.18. The smallest absolute Gasteiger partial charge is 0.325 e. The lowest BCUT2D eigenvalue weighted by Crippen LogP contribution is -2.40. The van der Waals surface area contributed by atoms with Crippen LogP contribution in [0, 0.1) is 0 Å². The molecule has 0 bridgehead atoms. The third-order valence-electron chi connectivity index (χ3n) is 4.30. The fraction of sp³-hybridized carbons (Fsp3) is 0.222. The van der Waals surface area contributed by atoms with Gasteiger partial charge in [-0.05, 0) is 24.6 Å². The molecule has 2 aromatic heterocycles. The fourth-order valence-corrected chi connectivity index (χ4v) is 2.91. The first kappa shape index (κ1) is 16.1. The van der Waals surface area contributed by atoms with Crippen molar-refractivity contribution >= 4 is 11.9 Å². The molecule has 26 heavy (non-hydrogen) atoms. The van der Waals surface area contributed by atoms with Gasteiger partial charge < -0.3 is 14.3 Å². The molecule has 3 aromatic rings. The first-order valence-corrected chi connectivity index (χ1v) is 8.10. The van der Waals surface area contributed by atoms with E-state index in [-0.39, 0.29) is 12.4 Å². The van der Waals surface area contributed by atoms with E-state index in [1.165, 1.54) is 6.26 Å². The molecule has 1 aromatic carbocycles. The van der Waals surface area contributed by atoms with E-state index in [9.17, 15) is 9.59 Å². The second-order valence-corrected chi connectivity index (χ2v) is 6.19. The third-order valence-corrected chi connectivity index (χ3v) is 4.30. The highest BCUT2D eigenvalue weighted by atomic mass is 16.5. The Labute approximate surface area is 148 Å². The summed E-state index contributed by atoms with van der Waals surface area (Å²) < 4.78 is 10.5. The highest BCUT2D eigenvalue weighted by molar-refractivity contribution is 6.06. The Morgan fingerprint density at radius 2 is 1.96 bits per heavy atom. The predicted molar refractivity (Wildman–Crippen MR) is 88.7 cm³/mol. The number of hydrogen-bond donors (Lipinski definition) is 1. The fourth-order valence-electron chi connectivity index (χ4n) is 2.91. The minimum Gasteiger partial charge on any atom is -0.466 e. The monoisotopic (exact) mass is 352 g/mol. The summed E-state index contributed by atoms with van der Waals surface area (Å²) >= 11 is 0. The van der Waals surface area contributed by atoms with Crippen LogP contribution in [-0.2, 0) is 23.3 Å². The molecule has 1 N–H and O–H groups in total. The number of aromatic nitrogens is 2. The van der Waals surface area contributed by atoms with Gasteiger partial charge in [0.05, 0.1) is 6.26 Å². The van der Waals surface area contributed by atoms with E-state index >= 15 is 0 Å². The molecule has 0 radical (unpaired) electrons. The molecule has 0 spiro atoms.